The van der Waals surface area contributed by atoms with Crippen molar-refractivity contribution in [3.05, 3.63) is 0 Å². The topological polar surface area (TPSA) is 21.3 Å². The van der Waals surface area contributed by atoms with Crippen molar-refractivity contribution in [2.45, 2.75) is 38.7 Å². The Labute approximate surface area is 81.8 Å². The number of nitrogens with one attached hydrogen (secondary N) is 1. The summed E-state index contributed by atoms with van der Waals surface area (Å²) in [5.74, 6) is 0.0875. The Morgan fingerprint density at radius 3 is 2.43 bits per heavy atom. The number of ether oxygens (including phenoxy) is 1. The van der Waals surface area contributed by atoms with Gasteiger partial charge in [0.15, 0.2) is 5.60 Å². The van der Waals surface area contributed by atoms with Crippen LogP contribution >= 0.6 is 0 Å². The van der Waals surface area contributed by atoms with E-state index in [1.54, 1.807) is 0 Å². The lowest BCUT2D eigenvalue weighted by Crippen LogP contribution is -2.60. The quantitative estimate of drug-likeness (QED) is 0.715. The van der Waals surface area contributed by atoms with Crippen LogP contribution in [-0.2, 0) is 4.74 Å². The third kappa shape index (κ3) is 2.20. The Hall–Kier alpha value is -0.290. The minimum absolute atomic E-state index is 0.0875. The van der Waals surface area contributed by atoms with Crippen LogP contribution in [0.2, 0.25) is 0 Å². The van der Waals surface area contributed by atoms with E-state index in [1.165, 1.54) is 0 Å². The third-order valence-electron chi connectivity index (χ3n) is 2.56. The zero-order valence-corrected chi connectivity index (χ0v) is 8.61. The summed E-state index contributed by atoms with van der Waals surface area (Å²) in [6.07, 6.45) is -4.68. The molecule has 0 aromatic heterocycles. The highest BCUT2D eigenvalue weighted by atomic mass is 19.4. The van der Waals surface area contributed by atoms with Crippen molar-refractivity contribution in [1.29, 1.82) is 0 Å². The first-order valence-electron chi connectivity index (χ1n) is 4.71. The smallest absolute Gasteiger partial charge is 0.360 e. The summed E-state index contributed by atoms with van der Waals surface area (Å²) in [6, 6.07) is 0. The molecule has 1 aliphatic heterocycles. The average Bonchev–Trinajstić information content (AvgIpc) is 2.02. The molecule has 5 heteroatoms. The summed E-state index contributed by atoms with van der Waals surface area (Å²) in [6.45, 7) is 5.13. The van der Waals surface area contributed by atoms with Gasteiger partial charge in [-0.05, 0) is 12.8 Å². The van der Waals surface area contributed by atoms with Crippen LogP contribution in [0, 0.1) is 5.92 Å². The highest BCUT2D eigenvalue weighted by Gasteiger charge is 2.54. The minimum atomic E-state index is -4.31. The lowest BCUT2D eigenvalue weighted by atomic mass is 9.99. The molecule has 1 heterocycles. The van der Waals surface area contributed by atoms with Gasteiger partial charge in [-0.2, -0.15) is 13.2 Å². The van der Waals surface area contributed by atoms with Crippen LogP contribution in [0.25, 0.3) is 0 Å². The van der Waals surface area contributed by atoms with Gasteiger partial charge in [-0.3, -0.25) is 0 Å². The predicted molar refractivity (Wildman–Crippen MR) is 47.0 cm³/mol. The van der Waals surface area contributed by atoms with Crippen LogP contribution in [0.15, 0.2) is 0 Å². The zero-order chi connectivity index (χ0) is 11.0. The van der Waals surface area contributed by atoms with Crippen molar-refractivity contribution in [1.82, 2.24) is 5.32 Å². The summed E-state index contributed by atoms with van der Waals surface area (Å²) < 4.78 is 42.9. The van der Waals surface area contributed by atoms with Crippen LogP contribution in [0.1, 0.15) is 20.8 Å². The van der Waals surface area contributed by atoms with Crippen LogP contribution in [-0.4, -0.2) is 31.0 Å². The first-order valence-corrected chi connectivity index (χ1v) is 4.71. The number of hydrogen-bond acceptors (Lipinski definition) is 2. The van der Waals surface area contributed by atoms with Crippen LogP contribution in [0.5, 0.6) is 0 Å². The van der Waals surface area contributed by atoms with Crippen LogP contribution < -0.4 is 5.32 Å². The van der Waals surface area contributed by atoms with E-state index in [9.17, 15) is 13.2 Å². The van der Waals surface area contributed by atoms with Gasteiger partial charge in [0.05, 0.1) is 6.10 Å². The maximum Gasteiger partial charge on any atom is 0.418 e. The molecule has 1 fully saturated rings. The standard InChI is InChI=1S/C9H16F3NO/c1-6(2)7-4-13-5-8(3,14-7)9(10,11)12/h6-7,13H,4-5H2,1-3H3. The van der Waals surface area contributed by atoms with E-state index < -0.39 is 11.8 Å². The number of hydrogen-bond donors (Lipinski definition) is 1. The molecular weight excluding hydrogens is 195 g/mol. The number of morpholine rings is 1. The molecule has 2 nitrogen and oxygen atoms in total. The number of alkyl halides is 3. The van der Waals surface area contributed by atoms with Gasteiger partial charge in [0, 0.05) is 13.1 Å². The lowest BCUT2D eigenvalue weighted by Gasteiger charge is -2.41. The fraction of sp³-hybridized carbons (Fsp3) is 1.00. The fourth-order valence-electron chi connectivity index (χ4n) is 1.41. The summed E-state index contributed by atoms with van der Waals surface area (Å²) in [5.41, 5.74) is -2.04. The van der Waals surface area contributed by atoms with E-state index in [4.69, 9.17) is 4.74 Å². The van der Waals surface area contributed by atoms with Crippen molar-refractivity contribution in [3.8, 4) is 0 Å². The Bertz CT molecular complexity index is 205. The molecule has 84 valence electrons. The molecule has 14 heavy (non-hydrogen) atoms. The van der Waals surface area contributed by atoms with Crippen molar-refractivity contribution < 1.29 is 17.9 Å². The Kier molecular flexibility index (Phi) is 3.11. The van der Waals surface area contributed by atoms with E-state index in [-0.39, 0.29) is 18.6 Å². The Morgan fingerprint density at radius 1 is 1.43 bits per heavy atom. The van der Waals surface area contributed by atoms with E-state index in [2.05, 4.69) is 5.32 Å². The molecule has 2 unspecified atom stereocenters. The molecule has 0 aliphatic carbocycles. The molecule has 1 rings (SSSR count). The van der Waals surface area contributed by atoms with Crippen molar-refractivity contribution >= 4 is 0 Å². The lowest BCUT2D eigenvalue weighted by molar-refractivity contribution is -0.294. The average molecular weight is 211 g/mol. The molecular formula is C9H16F3NO. The van der Waals surface area contributed by atoms with Gasteiger partial charge in [-0.15, -0.1) is 0 Å². The first kappa shape index (κ1) is 11.8. The molecule has 0 radical (unpaired) electrons. The van der Waals surface area contributed by atoms with E-state index in [0.717, 1.165) is 6.92 Å². The second kappa shape index (κ2) is 3.70. The van der Waals surface area contributed by atoms with Crippen LogP contribution in [0.4, 0.5) is 13.2 Å². The highest BCUT2D eigenvalue weighted by molar-refractivity contribution is 4.92. The third-order valence-corrected chi connectivity index (χ3v) is 2.56. The molecule has 0 aromatic rings. The summed E-state index contributed by atoms with van der Waals surface area (Å²) >= 11 is 0. The summed E-state index contributed by atoms with van der Waals surface area (Å²) in [4.78, 5) is 0. The largest absolute Gasteiger partial charge is 0.418 e. The summed E-state index contributed by atoms with van der Waals surface area (Å²) in [5, 5.41) is 2.77. The van der Waals surface area contributed by atoms with Crippen molar-refractivity contribution in [3.63, 3.8) is 0 Å². The maximum absolute atomic E-state index is 12.6. The first-order chi connectivity index (χ1) is 6.26. The minimum Gasteiger partial charge on any atom is -0.360 e. The normalized spacial score (nSPS) is 34.9. The molecule has 0 amide bonds. The predicted octanol–water partition coefficient (Wildman–Crippen LogP) is 1.95. The highest BCUT2D eigenvalue weighted by Crippen LogP contribution is 2.36. The SMILES string of the molecule is CC(C)C1CNCC(C)(C(F)(F)F)O1. The molecule has 2 atom stereocenters. The van der Waals surface area contributed by atoms with Gasteiger partial charge in [-0.25, -0.2) is 0 Å². The molecule has 0 bridgehead atoms. The van der Waals surface area contributed by atoms with Gasteiger partial charge in [0.25, 0.3) is 0 Å². The monoisotopic (exact) mass is 211 g/mol. The molecule has 0 aromatic carbocycles. The van der Waals surface area contributed by atoms with Gasteiger partial charge < -0.3 is 10.1 Å². The van der Waals surface area contributed by atoms with Crippen LogP contribution in [0.3, 0.4) is 0 Å². The van der Waals surface area contributed by atoms with Crippen molar-refractivity contribution in [2.75, 3.05) is 13.1 Å². The Balaban J connectivity index is 2.72. The Morgan fingerprint density at radius 2 is 2.00 bits per heavy atom. The zero-order valence-electron chi connectivity index (χ0n) is 8.61. The molecule has 1 aliphatic rings. The fourth-order valence-corrected chi connectivity index (χ4v) is 1.41. The van der Waals surface area contributed by atoms with Gasteiger partial charge in [0.1, 0.15) is 0 Å². The number of halogens is 3. The molecule has 0 saturated carbocycles. The second-order valence-electron chi connectivity index (χ2n) is 4.26. The maximum atomic E-state index is 12.6. The van der Waals surface area contributed by atoms with E-state index in [1.807, 2.05) is 13.8 Å². The molecule has 0 spiro atoms. The van der Waals surface area contributed by atoms with Gasteiger partial charge in [0.2, 0.25) is 0 Å². The van der Waals surface area contributed by atoms with E-state index in [0.29, 0.717) is 6.54 Å². The van der Waals surface area contributed by atoms with Crippen molar-refractivity contribution in [2.24, 2.45) is 5.92 Å². The molecule has 1 N–H and O–H groups in total. The van der Waals surface area contributed by atoms with Gasteiger partial charge in [-0.1, -0.05) is 13.8 Å². The molecule has 1 saturated heterocycles. The van der Waals surface area contributed by atoms with Gasteiger partial charge >= 0.3 is 6.18 Å². The summed E-state index contributed by atoms with van der Waals surface area (Å²) in [7, 11) is 0. The second-order valence-corrected chi connectivity index (χ2v) is 4.26. The number of rotatable bonds is 1. The van der Waals surface area contributed by atoms with E-state index >= 15 is 0 Å².